The first kappa shape index (κ1) is 32.1. The molecule has 3 heterocycles. The summed E-state index contributed by atoms with van der Waals surface area (Å²) >= 11 is 6.59. The Morgan fingerprint density at radius 3 is 2.43 bits per heavy atom. The third-order valence-electron chi connectivity index (χ3n) is 9.87. The van der Waals surface area contributed by atoms with Crippen molar-refractivity contribution in [1.29, 1.82) is 0 Å². The molecule has 1 N–H and O–H groups in total. The lowest BCUT2D eigenvalue weighted by molar-refractivity contribution is -0.146. The Kier molecular flexibility index (Phi) is 8.62. The van der Waals surface area contributed by atoms with Gasteiger partial charge in [-0.3, -0.25) is 14.2 Å². The number of aliphatic hydroxyl groups excluding tert-OH is 1. The van der Waals surface area contributed by atoms with Gasteiger partial charge in [-0.2, -0.15) is 0 Å². The van der Waals surface area contributed by atoms with Crippen molar-refractivity contribution in [1.82, 2.24) is 4.57 Å². The second-order valence-corrected chi connectivity index (χ2v) is 17.8. The molecule has 1 saturated heterocycles. The minimum absolute atomic E-state index is 0.0204. The maximum Gasteiger partial charge on any atom is 0.297 e. The Hall–Kier alpha value is -3.89. The van der Waals surface area contributed by atoms with Gasteiger partial charge in [0.05, 0.1) is 40.6 Å². The fraction of sp³-hybridized carbons (Fsp3) is 0.333. The van der Waals surface area contributed by atoms with Crippen molar-refractivity contribution in [2.45, 2.75) is 50.2 Å². The van der Waals surface area contributed by atoms with E-state index in [0.29, 0.717) is 17.1 Å². The molecule has 4 aromatic rings. The molecular weight excluding hydrogens is 620 g/mol. The number of methoxy groups -OCH3 is 2. The Balaban J connectivity index is 1.40. The van der Waals surface area contributed by atoms with Crippen molar-refractivity contribution in [2.75, 3.05) is 25.7 Å². The number of rotatable bonds is 9. The zero-order chi connectivity index (χ0) is 32.8. The zero-order valence-corrected chi connectivity index (χ0v) is 28.5. The fourth-order valence-corrected chi connectivity index (χ4v) is 11.9. The minimum atomic E-state index is -2.30. The normalized spacial score (nSPS) is 22.4. The van der Waals surface area contributed by atoms with Gasteiger partial charge in [0, 0.05) is 35.0 Å². The van der Waals surface area contributed by atoms with E-state index in [9.17, 15) is 14.7 Å². The number of hydrogen-bond acceptors (Lipinski definition) is 6. The molecule has 2 aliphatic rings. The van der Waals surface area contributed by atoms with Crippen LogP contribution in [-0.4, -0.2) is 50.6 Å². The first-order chi connectivity index (χ1) is 22.1. The van der Waals surface area contributed by atoms with Crippen molar-refractivity contribution in [3.63, 3.8) is 0 Å². The highest BCUT2D eigenvalue weighted by atomic mass is 35.5. The summed E-state index contributed by atoms with van der Waals surface area (Å²) in [4.78, 5) is 29.6. The van der Waals surface area contributed by atoms with Gasteiger partial charge in [0.2, 0.25) is 0 Å². The van der Waals surface area contributed by atoms with Crippen LogP contribution in [0.5, 0.6) is 11.5 Å². The molecule has 0 unspecified atom stereocenters. The van der Waals surface area contributed by atoms with Crippen LogP contribution in [0.25, 0.3) is 5.69 Å². The molecule has 46 heavy (non-hydrogen) atoms. The standard InChI is InChI=1S/C36H39ClN2O6Si/c1-23-33(46(4,5)28-14-12-27(43-2)13-15-28)31(17-19-40)45-36(23)29-21-25(37)11-16-30(29)39(35(36)42)22-24-8-6-9-26(20-24)38-18-7-10-32(44-3)34(38)41/h6-16,18,20-21,23,31,33,40H,17,19,22H2,1-5H3/t23-,31+,33-,36+/m1/s1. The van der Waals surface area contributed by atoms with E-state index in [4.69, 9.17) is 25.8 Å². The van der Waals surface area contributed by atoms with E-state index in [-0.39, 0.29) is 47.9 Å². The number of pyridine rings is 1. The van der Waals surface area contributed by atoms with Crippen molar-refractivity contribution in [3.8, 4) is 17.2 Å². The van der Waals surface area contributed by atoms with Crippen LogP contribution in [0, 0.1) is 5.92 Å². The molecule has 0 bridgehead atoms. The largest absolute Gasteiger partial charge is 0.497 e. The molecule has 1 spiro atoms. The molecule has 1 amide bonds. The van der Waals surface area contributed by atoms with Gasteiger partial charge in [-0.15, -0.1) is 0 Å². The Morgan fingerprint density at radius 1 is 0.978 bits per heavy atom. The van der Waals surface area contributed by atoms with E-state index >= 15 is 0 Å². The molecule has 0 saturated carbocycles. The van der Waals surface area contributed by atoms with Gasteiger partial charge >= 0.3 is 0 Å². The monoisotopic (exact) mass is 658 g/mol. The predicted molar refractivity (Wildman–Crippen MR) is 183 cm³/mol. The van der Waals surface area contributed by atoms with E-state index in [2.05, 4.69) is 32.2 Å². The molecule has 3 aromatic carbocycles. The number of halogens is 1. The third-order valence-corrected chi connectivity index (χ3v) is 14.5. The highest BCUT2D eigenvalue weighted by Gasteiger charge is 2.66. The molecule has 0 radical (unpaired) electrons. The van der Waals surface area contributed by atoms with Gasteiger partial charge < -0.3 is 24.2 Å². The molecule has 10 heteroatoms. The average molecular weight is 659 g/mol. The van der Waals surface area contributed by atoms with Crippen LogP contribution in [-0.2, 0) is 21.7 Å². The van der Waals surface area contributed by atoms with Gasteiger partial charge in [-0.25, -0.2) is 0 Å². The maximum atomic E-state index is 14.9. The molecule has 2 aliphatic heterocycles. The van der Waals surface area contributed by atoms with E-state index in [1.54, 1.807) is 36.4 Å². The van der Waals surface area contributed by atoms with Crippen LogP contribution in [0.3, 0.4) is 0 Å². The van der Waals surface area contributed by atoms with Crippen molar-refractivity contribution in [3.05, 3.63) is 112 Å². The molecule has 240 valence electrons. The lowest BCUT2D eigenvalue weighted by atomic mass is 9.82. The Labute approximate surface area is 275 Å². The maximum absolute atomic E-state index is 14.9. The summed E-state index contributed by atoms with van der Waals surface area (Å²) in [6, 6.07) is 24.7. The summed E-state index contributed by atoms with van der Waals surface area (Å²) < 4.78 is 19.1. The van der Waals surface area contributed by atoms with Crippen molar-refractivity contribution < 1.29 is 24.1 Å². The van der Waals surface area contributed by atoms with Gasteiger partial charge in [0.1, 0.15) is 5.75 Å². The summed E-state index contributed by atoms with van der Waals surface area (Å²) in [7, 11) is 0.828. The number of ether oxygens (including phenoxy) is 3. The Morgan fingerprint density at radius 2 is 1.74 bits per heavy atom. The van der Waals surface area contributed by atoms with Crippen molar-refractivity contribution >= 4 is 36.5 Å². The highest BCUT2D eigenvalue weighted by Crippen LogP contribution is 2.60. The molecule has 1 fully saturated rings. The number of carbonyl (C=O) groups excluding carboxylic acids is 1. The first-order valence-electron chi connectivity index (χ1n) is 15.5. The first-order valence-corrected chi connectivity index (χ1v) is 18.9. The van der Waals surface area contributed by atoms with Gasteiger partial charge in [0.15, 0.2) is 11.4 Å². The SMILES string of the molecule is COc1ccc([Si](C)(C)[C@H]2[C@H](CCO)O[C@@]3(C(=O)N(Cc4cccc(-n5cccc(OC)c5=O)c4)c4ccc(Cl)cc43)[C@@H]2C)cc1. The highest BCUT2D eigenvalue weighted by molar-refractivity contribution is 6.91. The van der Waals surface area contributed by atoms with E-state index in [1.807, 2.05) is 48.5 Å². The van der Waals surface area contributed by atoms with Crippen LogP contribution in [0.2, 0.25) is 23.7 Å². The van der Waals surface area contributed by atoms with Crippen LogP contribution in [0.4, 0.5) is 5.69 Å². The Bertz CT molecular complexity index is 1830. The number of amides is 1. The number of anilines is 1. The summed E-state index contributed by atoms with van der Waals surface area (Å²) in [5.74, 6) is 0.685. The molecule has 0 aliphatic carbocycles. The quantitative estimate of drug-likeness (QED) is 0.234. The lowest BCUT2D eigenvalue weighted by Crippen LogP contribution is -2.51. The van der Waals surface area contributed by atoms with Crippen LogP contribution >= 0.6 is 11.6 Å². The zero-order valence-electron chi connectivity index (χ0n) is 26.7. The minimum Gasteiger partial charge on any atom is -0.497 e. The number of benzene rings is 3. The number of nitrogens with zero attached hydrogens (tertiary/aromatic N) is 2. The summed E-state index contributed by atoms with van der Waals surface area (Å²) in [5, 5.41) is 11.9. The van der Waals surface area contributed by atoms with Gasteiger partial charge in [0.25, 0.3) is 11.5 Å². The second-order valence-electron chi connectivity index (χ2n) is 12.6. The molecule has 4 atom stereocenters. The van der Waals surface area contributed by atoms with E-state index in [1.165, 1.54) is 16.9 Å². The smallest absolute Gasteiger partial charge is 0.297 e. The summed E-state index contributed by atoms with van der Waals surface area (Å²) in [6.45, 7) is 6.96. The van der Waals surface area contributed by atoms with Crippen molar-refractivity contribution in [2.24, 2.45) is 5.92 Å². The number of fused-ring (bicyclic) bond motifs is 2. The predicted octanol–water partition coefficient (Wildman–Crippen LogP) is 5.65. The molecule has 6 rings (SSSR count). The van der Waals surface area contributed by atoms with Gasteiger partial charge in [-0.1, -0.05) is 61.1 Å². The summed E-state index contributed by atoms with van der Waals surface area (Å²) in [5.41, 5.74) is 1.51. The molecule has 8 nitrogen and oxygen atoms in total. The number of hydrogen-bond donors (Lipinski definition) is 1. The van der Waals surface area contributed by atoms with E-state index in [0.717, 1.165) is 22.6 Å². The fourth-order valence-electron chi connectivity index (χ4n) is 7.66. The lowest BCUT2D eigenvalue weighted by Gasteiger charge is -2.37. The average Bonchev–Trinajstić information content (AvgIpc) is 3.47. The van der Waals surface area contributed by atoms with Crippen LogP contribution in [0.1, 0.15) is 24.5 Å². The van der Waals surface area contributed by atoms with Crippen LogP contribution in [0.15, 0.2) is 89.9 Å². The molecular formula is C36H39ClN2O6Si. The number of carbonyl (C=O) groups is 1. The second kappa shape index (κ2) is 12.4. The number of aliphatic hydroxyl groups is 1. The topological polar surface area (TPSA) is 90.2 Å². The van der Waals surface area contributed by atoms with E-state index < -0.39 is 13.7 Å². The summed E-state index contributed by atoms with van der Waals surface area (Å²) in [6.07, 6.45) is 1.79. The van der Waals surface area contributed by atoms with Crippen LogP contribution < -0.4 is 25.1 Å². The third kappa shape index (κ3) is 5.15. The molecule has 1 aromatic heterocycles. The number of aromatic nitrogens is 1. The van der Waals surface area contributed by atoms with Gasteiger partial charge in [-0.05, 0) is 72.1 Å².